The Labute approximate surface area is 153 Å². The maximum atomic E-state index is 5.66. The molecule has 26 heavy (non-hydrogen) atoms. The average Bonchev–Trinajstić information content (AvgIpc) is 2.71. The van der Waals surface area contributed by atoms with Crippen LogP contribution in [0.1, 0.15) is 0 Å². The third kappa shape index (κ3) is 6.06. The van der Waals surface area contributed by atoms with E-state index in [1.807, 2.05) is 84.9 Å². The van der Waals surface area contributed by atoms with Gasteiger partial charge in [0, 0.05) is 0 Å². The monoisotopic (exact) mass is 350 g/mol. The van der Waals surface area contributed by atoms with Gasteiger partial charge >= 0.3 is 0 Å². The molecule has 0 fully saturated rings. The van der Waals surface area contributed by atoms with E-state index in [4.69, 9.17) is 18.9 Å². The average molecular weight is 350 g/mol. The third-order valence-electron chi connectivity index (χ3n) is 3.55. The summed E-state index contributed by atoms with van der Waals surface area (Å²) in [5.74, 6) is 3.26. The molecular formula is C22H22O4. The van der Waals surface area contributed by atoms with Gasteiger partial charge in [-0.05, 0) is 48.5 Å². The molecule has 0 aromatic heterocycles. The minimum atomic E-state index is 0.486. The van der Waals surface area contributed by atoms with Crippen LogP contribution in [-0.4, -0.2) is 26.4 Å². The maximum Gasteiger partial charge on any atom is 0.122 e. The molecule has 0 aliphatic rings. The largest absolute Gasteiger partial charge is 0.490 e. The first-order valence-electron chi connectivity index (χ1n) is 8.61. The fourth-order valence-corrected chi connectivity index (χ4v) is 2.30. The van der Waals surface area contributed by atoms with Crippen molar-refractivity contribution in [3.8, 4) is 23.0 Å². The van der Waals surface area contributed by atoms with Crippen LogP contribution < -0.4 is 18.9 Å². The van der Waals surface area contributed by atoms with Crippen LogP contribution in [0, 0.1) is 0 Å². The molecular weight excluding hydrogens is 328 g/mol. The molecule has 4 heteroatoms. The summed E-state index contributed by atoms with van der Waals surface area (Å²) in [6.07, 6.45) is 0. The molecule has 0 heterocycles. The molecule has 3 aromatic carbocycles. The SMILES string of the molecule is c1ccc(OCCOc2ccc(OCCOc3ccccc3)cc2)cc1. The Balaban J connectivity index is 1.31. The van der Waals surface area contributed by atoms with Crippen molar-refractivity contribution in [3.63, 3.8) is 0 Å². The van der Waals surface area contributed by atoms with Crippen molar-refractivity contribution in [1.82, 2.24) is 0 Å². The first kappa shape index (κ1) is 17.7. The van der Waals surface area contributed by atoms with Gasteiger partial charge in [-0.25, -0.2) is 0 Å². The lowest BCUT2D eigenvalue weighted by Crippen LogP contribution is -2.09. The molecule has 0 radical (unpaired) electrons. The van der Waals surface area contributed by atoms with Gasteiger partial charge in [-0.1, -0.05) is 36.4 Å². The third-order valence-corrected chi connectivity index (χ3v) is 3.55. The van der Waals surface area contributed by atoms with Gasteiger partial charge in [0.2, 0.25) is 0 Å². The molecule has 0 bridgehead atoms. The smallest absolute Gasteiger partial charge is 0.122 e. The highest BCUT2D eigenvalue weighted by atomic mass is 16.5. The van der Waals surface area contributed by atoms with Gasteiger partial charge in [-0.3, -0.25) is 0 Å². The Kier molecular flexibility index (Phi) is 6.79. The van der Waals surface area contributed by atoms with Crippen molar-refractivity contribution < 1.29 is 18.9 Å². The minimum absolute atomic E-state index is 0.486. The van der Waals surface area contributed by atoms with Crippen molar-refractivity contribution >= 4 is 0 Å². The lowest BCUT2D eigenvalue weighted by molar-refractivity contribution is 0.213. The van der Waals surface area contributed by atoms with E-state index >= 15 is 0 Å². The highest BCUT2D eigenvalue weighted by Crippen LogP contribution is 2.18. The van der Waals surface area contributed by atoms with Gasteiger partial charge in [-0.2, -0.15) is 0 Å². The summed E-state index contributed by atoms with van der Waals surface area (Å²) >= 11 is 0. The molecule has 0 amide bonds. The van der Waals surface area contributed by atoms with E-state index in [-0.39, 0.29) is 0 Å². The van der Waals surface area contributed by atoms with Crippen molar-refractivity contribution in [3.05, 3.63) is 84.9 Å². The fourth-order valence-electron chi connectivity index (χ4n) is 2.30. The summed E-state index contributed by atoms with van der Waals surface area (Å²) in [5, 5.41) is 0. The Morgan fingerprint density at radius 2 is 0.615 bits per heavy atom. The van der Waals surface area contributed by atoms with Crippen LogP contribution in [0.2, 0.25) is 0 Å². The topological polar surface area (TPSA) is 36.9 Å². The van der Waals surface area contributed by atoms with Crippen molar-refractivity contribution in [2.24, 2.45) is 0 Å². The van der Waals surface area contributed by atoms with E-state index in [1.54, 1.807) is 0 Å². The number of para-hydroxylation sites is 2. The van der Waals surface area contributed by atoms with E-state index in [1.165, 1.54) is 0 Å². The number of hydrogen-bond acceptors (Lipinski definition) is 4. The summed E-state index contributed by atoms with van der Waals surface area (Å²) in [6, 6.07) is 26.9. The second-order valence-electron chi connectivity index (χ2n) is 5.49. The van der Waals surface area contributed by atoms with Gasteiger partial charge < -0.3 is 18.9 Å². The first-order chi connectivity index (χ1) is 12.9. The predicted octanol–water partition coefficient (Wildman–Crippen LogP) is 4.60. The van der Waals surface area contributed by atoms with E-state index in [0.29, 0.717) is 26.4 Å². The minimum Gasteiger partial charge on any atom is -0.490 e. The Bertz CT molecular complexity index is 676. The molecule has 3 rings (SSSR count). The van der Waals surface area contributed by atoms with Crippen LogP contribution in [0.3, 0.4) is 0 Å². The zero-order valence-corrected chi connectivity index (χ0v) is 14.5. The first-order valence-corrected chi connectivity index (χ1v) is 8.61. The molecule has 0 atom stereocenters. The zero-order chi connectivity index (χ0) is 17.9. The van der Waals surface area contributed by atoms with Crippen LogP contribution in [0.25, 0.3) is 0 Å². The molecule has 0 aliphatic carbocycles. The highest BCUT2D eigenvalue weighted by molar-refractivity contribution is 5.31. The highest BCUT2D eigenvalue weighted by Gasteiger charge is 1.98. The molecule has 0 aliphatic heterocycles. The van der Waals surface area contributed by atoms with Crippen LogP contribution in [0.5, 0.6) is 23.0 Å². The van der Waals surface area contributed by atoms with E-state index in [9.17, 15) is 0 Å². The van der Waals surface area contributed by atoms with Gasteiger partial charge in [0.25, 0.3) is 0 Å². The Morgan fingerprint density at radius 3 is 0.923 bits per heavy atom. The van der Waals surface area contributed by atoms with E-state index in [0.717, 1.165) is 23.0 Å². The summed E-state index contributed by atoms with van der Waals surface area (Å²) in [7, 11) is 0. The summed E-state index contributed by atoms with van der Waals surface area (Å²) in [4.78, 5) is 0. The second kappa shape index (κ2) is 9.99. The maximum absolute atomic E-state index is 5.66. The van der Waals surface area contributed by atoms with E-state index in [2.05, 4.69) is 0 Å². The number of hydrogen-bond donors (Lipinski definition) is 0. The van der Waals surface area contributed by atoms with E-state index < -0.39 is 0 Å². The lowest BCUT2D eigenvalue weighted by atomic mass is 10.3. The standard InChI is InChI=1S/C22H22O4/c1-3-7-19(8-4-1)23-15-17-25-21-11-13-22(14-12-21)26-18-16-24-20-9-5-2-6-10-20/h1-14H,15-18H2. The molecule has 0 saturated heterocycles. The van der Waals surface area contributed by atoms with Crippen molar-refractivity contribution in [2.75, 3.05) is 26.4 Å². The summed E-state index contributed by atoms with van der Waals surface area (Å²) in [6.45, 7) is 1.97. The Morgan fingerprint density at radius 1 is 0.346 bits per heavy atom. The number of ether oxygens (including phenoxy) is 4. The Hall–Kier alpha value is -3.14. The molecule has 4 nitrogen and oxygen atoms in total. The van der Waals surface area contributed by atoms with Crippen LogP contribution in [-0.2, 0) is 0 Å². The van der Waals surface area contributed by atoms with Gasteiger partial charge in [-0.15, -0.1) is 0 Å². The van der Waals surface area contributed by atoms with Crippen LogP contribution >= 0.6 is 0 Å². The zero-order valence-electron chi connectivity index (χ0n) is 14.5. The molecule has 0 unspecified atom stereocenters. The second-order valence-corrected chi connectivity index (χ2v) is 5.49. The van der Waals surface area contributed by atoms with Crippen LogP contribution in [0.15, 0.2) is 84.9 Å². The molecule has 134 valence electrons. The summed E-state index contributed by atoms with van der Waals surface area (Å²) in [5.41, 5.74) is 0. The molecule has 0 N–H and O–H groups in total. The quantitative estimate of drug-likeness (QED) is 0.501. The van der Waals surface area contributed by atoms with Gasteiger partial charge in [0.15, 0.2) is 0 Å². The van der Waals surface area contributed by atoms with Gasteiger partial charge in [0.05, 0.1) is 0 Å². The van der Waals surface area contributed by atoms with Gasteiger partial charge in [0.1, 0.15) is 49.4 Å². The molecule has 3 aromatic rings. The number of rotatable bonds is 10. The summed E-state index contributed by atoms with van der Waals surface area (Å²) < 4.78 is 22.5. The van der Waals surface area contributed by atoms with Crippen molar-refractivity contribution in [2.45, 2.75) is 0 Å². The van der Waals surface area contributed by atoms with Crippen molar-refractivity contribution in [1.29, 1.82) is 0 Å². The fraction of sp³-hybridized carbons (Fsp3) is 0.182. The normalized spacial score (nSPS) is 10.2. The molecule has 0 spiro atoms. The predicted molar refractivity (Wildman–Crippen MR) is 101 cm³/mol. The van der Waals surface area contributed by atoms with Crippen LogP contribution in [0.4, 0.5) is 0 Å². The molecule has 0 saturated carbocycles. The number of benzene rings is 3. The lowest BCUT2D eigenvalue weighted by Gasteiger charge is -2.10.